The van der Waals surface area contributed by atoms with Crippen molar-refractivity contribution in [3.63, 3.8) is 0 Å². The van der Waals surface area contributed by atoms with E-state index in [0.29, 0.717) is 22.6 Å². The summed E-state index contributed by atoms with van der Waals surface area (Å²) in [5.41, 5.74) is 0.616. The molecule has 0 spiro atoms. The average molecular weight is 467 g/mol. The standard InChI is InChI=1S/C30H46N2O2/c1-27-9-19-6-20(10-27)14-29(13-19,17-27)25(33)31-23-4-3-5-24(8-23)32-26(34)30-15-21-7-22(16-30)12-28(2,11-21)18-30/h19-24H,3-18H2,1-2H3,(H,31,33)(H,32,34). The molecule has 9 fully saturated rings. The van der Waals surface area contributed by atoms with Gasteiger partial charge in [0.15, 0.2) is 0 Å². The van der Waals surface area contributed by atoms with Gasteiger partial charge in [0.1, 0.15) is 0 Å². The second kappa shape index (κ2) is 7.25. The highest BCUT2D eigenvalue weighted by Crippen LogP contribution is 2.66. The fourth-order valence-electron chi connectivity index (χ4n) is 12.1. The molecule has 9 rings (SSSR count). The highest BCUT2D eigenvalue weighted by atomic mass is 16.2. The molecule has 0 aromatic rings. The van der Waals surface area contributed by atoms with E-state index in [1.807, 2.05) is 0 Å². The summed E-state index contributed by atoms with van der Waals surface area (Å²) in [5.74, 6) is 3.82. The van der Waals surface area contributed by atoms with Gasteiger partial charge in [0.25, 0.3) is 0 Å². The molecule has 9 aliphatic carbocycles. The van der Waals surface area contributed by atoms with Gasteiger partial charge in [0.2, 0.25) is 11.8 Å². The lowest BCUT2D eigenvalue weighted by Gasteiger charge is -2.60. The van der Waals surface area contributed by atoms with Crippen LogP contribution in [-0.4, -0.2) is 23.9 Å². The summed E-state index contributed by atoms with van der Waals surface area (Å²) in [6.07, 6.45) is 19.0. The first-order chi connectivity index (χ1) is 16.1. The fourth-order valence-corrected chi connectivity index (χ4v) is 12.1. The molecule has 34 heavy (non-hydrogen) atoms. The van der Waals surface area contributed by atoms with E-state index in [4.69, 9.17) is 0 Å². The Labute approximate surface area is 206 Å². The molecule has 2 amide bonds. The summed E-state index contributed by atoms with van der Waals surface area (Å²) < 4.78 is 0. The van der Waals surface area contributed by atoms with Crippen LogP contribution in [0.4, 0.5) is 0 Å². The topological polar surface area (TPSA) is 58.2 Å². The Morgan fingerprint density at radius 3 is 1.32 bits per heavy atom. The molecule has 0 aromatic heterocycles. The molecule has 4 nitrogen and oxygen atoms in total. The van der Waals surface area contributed by atoms with Gasteiger partial charge in [-0.3, -0.25) is 9.59 Å². The van der Waals surface area contributed by atoms with E-state index in [2.05, 4.69) is 24.5 Å². The minimum Gasteiger partial charge on any atom is -0.353 e. The first-order valence-electron chi connectivity index (χ1n) is 14.8. The van der Waals surface area contributed by atoms with E-state index in [-0.39, 0.29) is 22.9 Å². The van der Waals surface area contributed by atoms with Crippen LogP contribution in [0, 0.1) is 45.3 Å². The third-order valence-electron chi connectivity index (χ3n) is 12.0. The molecule has 9 saturated carbocycles. The number of carbonyl (C=O) groups is 2. The molecule has 0 heterocycles. The van der Waals surface area contributed by atoms with Crippen molar-refractivity contribution in [1.82, 2.24) is 10.6 Å². The van der Waals surface area contributed by atoms with Gasteiger partial charge in [-0.05, 0) is 137 Å². The molecule has 0 aliphatic heterocycles. The van der Waals surface area contributed by atoms with Gasteiger partial charge >= 0.3 is 0 Å². The maximum Gasteiger partial charge on any atom is 0.226 e. The Bertz CT molecular complexity index is 796. The van der Waals surface area contributed by atoms with Crippen LogP contribution < -0.4 is 10.6 Å². The van der Waals surface area contributed by atoms with E-state index in [1.54, 1.807) is 0 Å². The van der Waals surface area contributed by atoms with Crippen molar-refractivity contribution in [3.8, 4) is 0 Å². The minimum atomic E-state index is -0.0936. The Hall–Kier alpha value is -1.06. The number of carbonyl (C=O) groups excluding carboxylic acids is 2. The predicted molar refractivity (Wildman–Crippen MR) is 133 cm³/mol. The highest BCUT2D eigenvalue weighted by Gasteiger charge is 2.60. The summed E-state index contributed by atoms with van der Waals surface area (Å²) in [6, 6.07) is 0.475. The van der Waals surface area contributed by atoms with Gasteiger partial charge < -0.3 is 10.6 Å². The molecule has 188 valence electrons. The maximum absolute atomic E-state index is 13.7. The lowest BCUT2D eigenvalue weighted by atomic mass is 9.44. The van der Waals surface area contributed by atoms with Gasteiger partial charge in [-0.15, -0.1) is 0 Å². The van der Waals surface area contributed by atoms with Crippen molar-refractivity contribution in [3.05, 3.63) is 0 Å². The molecule has 2 N–H and O–H groups in total. The van der Waals surface area contributed by atoms with E-state index in [9.17, 15) is 9.59 Å². The van der Waals surface area contributed by atoms with Crippen molar-refractivity contribution in [1.29, 1.82) is 0 Å². The van der Waals surface area contributed by atoms with Crippen LogP contribution in [0.2, 0.25) is 0 Å². The van der Waals surface area contributed by atoms with Crippen molar-refractivity contribution >= 4 is 11.8 Å². The van der Waals surface area contributed by atoms with Gasteiger partial charge in [0.05, 0.1) is 10.8 Å². The first-order valence-corrected chi connectivity index (χ1v) is 14.8. The van der Waals surface area contributed by atoms with E-state index >= 15 is 0 Å². The molecular weight excluding hydrogens is 420 g/mol. The molecule has 8 bridgehead atoms. The van der Waals surface area contributed by atoms with Crippen molar-refractivity contribution in [2.24, 2.45) is 45.3 Å². The van der Waals surface area contributed by atoms with Crippen molar-refractivity contribution in [2.75, 3.05) is 0 Å². The van der Waals surface area contributed by atoms with Gasteiger partial charge in [-0.2, -0.15) is 0 Å². The van der Waals surface area contributed by atoms with Crippen LogP contribution in [0.15, 0.2) is 0 Å². The number of nitrogens with one attached hydrogen (secondary N) is 2. The van der Waals surface area contributed by atoms with E-state index in [1.165, 1.54) is 38.5 Å². The zero-order valence-electron chi connectivity index (χ0n) is 21.6. The number of amides is 2. The summed E-state index contributed by atoms with van der Waals surface area (Å²) in [4.78, 5) is 27.4. The van der Waals surface area contributed by atoms with Crippen LogP contribution in [0.1, 0.15) is 117 Å². The number of rotatable bonds is 4. The number of hydrogen-bond acceptors (Lipinski definition) is 2. The molecule has 6 atom stereocenters. The zero-order chi connectivity index (χ0) is 23.3. The Morgan fingerprint density at radius 2 is 0.971 bits per heavy atom. The quantitative estimate of drug-likeness (QED) is 0.555. The second-order valence-corrected chi connectivity index (χ2v) is 15.6. The summed E-state index contributed by atoms with van der Waals surface area (Å²) in [6.45, 7) is 4.90. The lowest BCUT2D eigenvalue weighted by molar-refractivity contribution is -0.157. The molecule has 0 aromatic carbocycles. The third-order valence-corrected chi connectivity index (χ3v) is 12.0. The van der Waals surface area contributed by atoms with Gasteiger partial charge in [0, 0.05) is 12.1 Å². The summed E-state index contributed by atoms with van der Waals surface area (Å²) >= 11 is 0. The van der Waals surface area contributed by atoms with E-state index < -0.39 is 0 Å². The molecular formula is C30H46N2O2. The Morgan fingerprint density at radius 1 is 0.588 bits per heavy atom. The van der Waals surface area contributed by atoms with E-state index in [0.717, 1.165) is 87.9 Å². The monoisotopic (exact) mass is 466 g/mol. The average Bonchev–Trinajstić information content (AvgIpc) is 2.70. The van der Waals surface area contributed by atoms with Crippen LogP contribution in [0.5, 0.6) is 0 Å². The third kappa shape index (κ3) is 3.51. The predicted octanol–water partition coefficient (Wildman–Crippen LogP) is 5.74. The molecule has 6 unspecified atom stereocenters. The Kier molecular flexibility index (Phi) is 4.73. The van der Waals surface area contributed by atoms with Crippen LogP contribution in [0.25, 0.3) is 0 Å². The number of hydrogen-bond donors (Lipinski definition) is 2. The van der Waals surface area contributed by atoms with Crippen molar-refractivity contribution in [2.45, 2.75) is 129 Å². The molecule has 0 radical (unpaired) electrons. The zero-order valence-corrected chi connectivity index (χ0v) is 21.6. The fraction of sp³-hybridized carbons (Fsp3) is 0.933. The largest absolute Gasteiger partial charge is 0.353 e. The highest BCUT2D eigenvalue weighted by molar-refractivity contribution is 5.84. The smallest absolute Gasteiger partial charge is 0.226 e. The van der Waals surface area contributed by atoms with Gasteiger partial charge in [-0.1, -0.05) is 13.8 Å². The first kappa shape index (κ1) is 22.2. The summed E-state index contributed by atoms with van der Waals surface area (Å²) in [5, 5.41) is 7.10. The minimum absolute atomic E-state index is 0.0936. The molecule has 4 heteroatoms. The van der Waals surface area contributed by atoms with Crippen LogP contribution in [-0.2, 0) is 9.59 Å². The molecule has 0 saturated heterocycles. The Balaban J connectivity index is 0.998. The lowest BCUT2D eigenvalue weighted by Crippen LogP contribution is -2.60. The molecule has 9 aliphatic rings. The maximum atomic E-state index is 13.7. The SMILES string of the molecule is CC12CC3CC(C1)CC(C(=O)NC1CCCC(NC(=O)C45CC6CC(CC(C)(C6)C4)C5)C1)(C3)C2. The normalized spacial score (nSPS) is 54.8. The van der Waals surface area contributed by atoms with Gasteiger partial charge in [-0.25, -0.2) is 0 Å². The van der Waals surface area contributed by atoms with Crippen LogP contribution in [0.3, 0.4) is 0 Å². The van der Waals surface area contributed by atoms with Crippen molar-refractivity contribution < 1.29 is 9.59 Å². The summed E-state index contributed by atoms with van der Waals surface area (Å²) in [7, 11) is 0. The second-order valence-electron chi connectivity index (χ2n) is 15.6. The van der Waals surface area contributed by atoms with Crippen LogP contribution >= 0.6 is 0 Å².